The van der Waals surface area contributed by atoms with Crippen LogP contribution in [0.25, 0.3) is 0 Å². The molecule has 0 aromatic carbocycles. The van der Waals surface area contributed by atoms with Crippen LogP contribution in [0.5, 0.6) is 0 Å². The molecule has 0 N–H and O–H groups in total. The van der Waals surface area contributed by atoms with E-state index < -0.39 is 0 Å². The van der Waals surface area contributed by atoms with Crippen LogP contribution in [0.15, 0.2) is 0 Å². The Bertz CT molecular complexity index is 13.6. The zero-order valence-corrected chi connectivity index (χ0v) is 13.8. The zero-order valence-electron chi connectivity index (χ0n) is 3.97. The first kappa shape index (κ1) is 136. The third kappa shape index (κ3) is 84.6. The second-order valence-corrected chi connectivity index (χ2v) is 0. The van der Waals surface area contributed by atoms with Gasteiger partial charge in [0.05, 0.1) is 0 Å². The summed E-state index contributed by atoms with van der Waals surface area (Å²) in [5.74, 6) is 0. The van der Waals surface area contributed by atoms with Crippen LogP contribution < -0.4 is 0 Å². The van der Waals surface area contributed by atoms with Gasteiger partial charge in [0.1, 0.15) is 0 Å². The van der Waals surface area contributed by atoms with E-state index in [-0.39, 0.29) is 152 Å². The van der Waals surface area contributed by atoms with Crippen molar-refractivity contribution < 1.29 is 84.8 Å². The van der Waals surface area contributed by atoms with Crippen molar-refractivity contribution in [1.29, 1.82) is 0 Å². The predicted molar refractivity (Wildman–Crippen MR) is 43.8 cm³/mol. The summed E-state index contributed by atoms with van der Waals surface area (Å²) in [6.45, 7) is 0. The maximum atomic E-state index is 0. The fraction of sp³-hybridized carbons (Fsp3) is 0. The van der Waals surface area contributed by atoms with Crippen LogP contribution in [0, 0.1) is 0 Å². The Balaban J connectivity index is 0. The maximum absolute atomic E-state index is 0. The van der Waals surface area contributed by atoms with Gasteiger partial charge in [0.25, 0.3) is 0 Å². The summed E-state index contributed by atoms with van der Waals surface area (Å²) in [6, 6.07) is 0. The summed E-state index contributed by atoms with van der Waals surface area (Å²) in [5, 5.41) is 0. The molecule has 0 amide bonds. The molecule has 82 valence electrons. The standard InChI is InChI=1S/4Fe.Ni.5H2S/h;;;;;5*1H2/p-5. The van der Waals surface area contributed by atoms with Crippen molar-refractivity contribution in [1.82, 2.24) is 0 Å². The molecule has 10 heteroatoms. The molecular formula is H5Fe4NiS5-5. The third-order valence-corrected chi connectivity index (χ3v) is 0. The maximum Gasteiger partial charge on any atom is 0 e. The number of hydrogen-bond acceptors (Lipinski definition) is 5. The van der Waals surface area contributed by atoms with Crippen molar-refractivity contribution in [2.75, 3.05) is 0 Å². The van der Waals surface area contributed by atoms with E-state index in [0.717, 1.165) is 0 Å². The molecule has 0 saturated carbocycles. The molecule has 0 aromatic rings. The normalized spacial score (nSPS) is 0. The van der Waals surface area contributed by atoms with Crippen LogP contribution in [0.1, 0.15) is 0 Å². The van der Waals surface area contributed by atoms with E-state index in [1.807, 2.05) is 0 Å². The minimum absolute atomic E-state index is 0. The Morgan fingerprint density at radius 1 is 0.300 bits per heavy atom. The van der Waals surface area contributed by atoms with Gasteiger partial charge in [0.2, 0.25) is 0 Å². The monoisotopic (exact) mass is 447 g/mol. The molecule has 0 rings (SSSR count). The van der Waals surface area contributed by atoms with Crippen LogP contribution >= 0.6 is 0 Å². The topological polar surface area (TPSA) is 0 Å². The van der Waals surface area contributed by atoms with Gasteiger partial charge in [-0.1, -0.05) is 0 Å². The van der Waals surface area contributed by atoms with E-state index in [1.54, 1.807) is 0 Å². The number of rotatable bonds is 0. The second-order valence-electron chi connectivity index (χ2n) is 0. The van der Waals surface area contributed by atoms with Crippen LogP contribution in [-0.2, 0) is 152 Å². The Kier molecular flexibility index (Phi) is 1470. The SMILES string of the molecule is [Fe].[Fe].[Fe].[Fe].[Ni].[SH-].[SH-].[SH-].[SH-].[SH-]. The van der Waals surface area contributed by atoms with Crippen LogP contribution in [0.2, 0.25) is 0 Å². The van der Waals surface area contributed by atoms with Gasteiger partial charge in [-0.25, -0.2) is 0 Å². The molecule has 0 aliphatic carbocycles. The van der Waals surface area contributed by atoms with E-state index in [0.29, 0.717) is 0 Å². The Hall–Kier alpha value is 4.32. The van der Waals surface area contributed by atoms with Crippen molar-refractivity contribution in [3.05, 3.63) is 0 Å². The van der Waals surface area contributed by atoms with Gasteiger partial charge in [-0.3, -0.25) is 0 Å². The molecule has 0 aromatic heterocycles. The number of hydrogen-bond donors (Lipinski definition) is 0. The summed E-state index contributed by atoms with van der Waals surface area (Å²) >= 11 is 0. The molecule has 0 bridgehead atoms. The quantitative estimate of drug-likeness (QED) is 0.255. The largest absolute Gasteiger partial charge is 0.813 e. The molecule has 0 heterocycles. The molecule has 0 aliphatic heterocycles. The van der Waals surface area contributed by atoms with E-state index in [9.17, 15) is 0 Å². The Morgan fingerprint density at radius 2 is 0.300 bits per heavy atom. The summed E-state index contributed by atoms with van der Waals surface area (Å²) in [6.07, 6.45) is 0. The molecule has 0 radical (unpaired) electrons. The smallest absolute Gasteiger partial charge is 0 e. The Labute approximate surface area is 150 Å². The first-order valence-corrected chi connectivity index (χ1v) is 0. The fourth-order valence-electron chi connectivity index (χ4n) is 0. The van der Waals surface area contributed by atoms with E-state index in [4.69, 9.17) is 0 Å². The first-order chi connectivity index (χ1) is 0. The molecular weight excluding hydrogens is 442 g/mol. The summed E-state index contributed by atoms with van der Waals surface area (Å²) in [7, 11) is 0. The minimum atomic E-state index is 0. The van der Waals surface area contributed by atoms with Gasteiger partial charge in [0, 0.05) is 84.8 Å². The van der Waals surface area contributed by atoms with Gasteiger partial charge in [-0.05, 0) is 0 Å². The fourth-order valence-corrected chi connectivity index (χ4v) is 0. The van der Waals surface area contributed by atoms with E-state index >= 15 is 0 Å². The van der Waals surface area contributed by atoms with Crippen LogP contribution in [0.3, 0.4) is 0 Å². The average Bonchev–Trinajstić information content (AvgIpc) is 0. The average molecular weight is 447 g/mol. The summed E-state index contributed by atoms with van der Waals surface area (Å²) in [5.41, 5.74) is 0. The molecule has 0 saturated heterocycles. The van der Waals surface area contributed by atoms with Crippen molar-refractivity contribution in [3.8, 4) is 0 Å². The minimum Gasteiger partial charge on any atom is -0.813 e. The number of thiol groups is 5. The van der Waals surface area contributed by atoms with Gasteiger partial charge in [-0.2, -0.15) is 0 Å². The molecule has 10 heavy (non-hydrogen) atoms. The van der Waals surface area contributed by atoms with E-state index in [1.165, 1.54) is 0 Å². The third-order valence-electron chi connectivity index (χ3n) is 0. The Morgan fingerprint density at radius 3 is 0.300 bits per heavy atom. The predicted octanol–water partition coefficient (Wildman–Crippen LogP) is -1.36. The van der Waals surface area contributed by atoms with Gasteiger partial charge in [0.15, 0.2) is 0 Å². The molecule has 0 atom stereocenters. The van der Waals surface area contributed by atoms with Gasteiger partial charge >= 0.3 is 0 Å². The molecule has 0 aliphatic rings. The summed E-state index contributed by atoms with van der Waals surface area (Å²) < 4.78 is 0. The van der Waals surface area contributed by atoms with Crippen LogP contribution in [0.4, 0.5) is 0 Å². The summed E-state index contributed by atoms with van der Waals surface area (Å²) in [4.78, 5) is 0. The van der Waals surface area contributed by atoms with Crippen molar-refractivity contribution >= 4 is 67.5 Å². The second kappa shape index (κ2) is 108. The van der Waals surface area contributed by atoms with Gasteiger partial charge < -0.3 is 67.5 Å². The molecule has 0 unspecified atom stereocenters. The zero-order chi connectivity index (χ0) is 0. The molecule has 0 nitrogen and oxygen atoms in total. The van der Waals surface area contributed by atoms with Crippen molar-refractivity contribution in [2.45, 2.75) is 0 Å². The molecule has 0 spiro atoms. The molecule has 0 fully saturated rings. The first-order valence-electron chi connectivity index (χ1n) is 0. The van der Waals surface area contributed by atoms with Crippen LogP contribution in [-0.4, -0.2) is 0 Å². The van der Waals surface area contributed by atoms with E-state index in [2.05, 4.69) is 0 Å². The van der Waals surface area contributed by atoms with Crippen molar-refractivity contribution in [2.24, 2.45) is 0 Å². The van der Waals surface area contributed by atoms with Gasteiger partial charge in [-0.15, -0.1) is 0 Å². The van der Waals surface area contributed by atoms with Crippen molar-refractivity contribution in [3.63, 3.8) is 0 Å².